The van der Waals surface area contributed by atoms with Gasteiger partial charge >= 0.3 is 0 Å². The van der Waals surface area contributed by atoms with E-state index in [4.69, 9.17) is 0 Å². The Morgan fingerprint density at radius 2 is 1.69 bits per heavy atom. The van der Waals surface area contributed by atoms with E-state index < -0.39 is 8.07 Å². The fourth-order valence-electron chi connectivity index (χ4n) is 2.06. The number of rotatable bonds is 6. The van der Waals surface area contributed by atoms with E-state index in [0.29, 0.717) is 0 Å². The van der Waals surface area contributed by atoms with Crippen molar-refractivity contribution in [3.63, 3.8) is 0 Å². The standard InChI is InChI=1S/C11H27NSi/c1-10(2)7-11(8-12-3)9-13(4,5)6/h10-12H,7-9H2,1-6H3. The van der Waals surface area contributed by atoms with Gasteiger partial charge in [-0.05, 0) is 31.8 Å². The molecule has 0 aromatic heterocycles. The molecular formula is C11H27NSi. The Labute approximate surface area is 85.3 Å². The van der Waals surface area contributed by atoms with Gasteiger partial charge in [-0.15, -0.1) is 0 Å². The Balaban J connectivity index is 3.94. The summed E-state index contributed by atoms with van der Waals surface area (Å²) in [6.07, 6.45) is 1.38. The van der Waals surface area contributed by atoms with Gasteiger partial charge in [-0.2, -0.15) is 0 Å². The van der Waals surface area contributed by atoms with Gasteiger partial charge in [0, 0.05) is 8.07 Å². The first-order valence-corrected chi connectivity index (χ1v) is 9.20. The van der Waals surface area contributed by atoms with Gasteiger partial charge in [0.2, 0.25) is 0 Å². The molecule has 0 fully saturated rings. The number of hydrogen-bond donors (Lipinski definition) is 1. The van der Waals surface area contributed by atoms with Gasteiger partial charge in [0.05, 0.1) is 0 Å². The molecule has 0 aromatic carbocycles. The van der Waals surface area contributed by atoms with Crippen molar-refractivity contribution in [1.29, 1.82) is 0 Å². The maximum atomic E-state index is 3.32. The molecule has 0 aromatic rings. The summed E-state index contributed by atoms with van der Waals surface area (Å²) in [5.74, 6) is 1.74. The first-order valence-electron chi connectivity index (χ1n) is 5.49. The van der Waals surface area contributed by atoms with Crippen LogP contribution in [0, 0.1) is 11.8 Å². The van der Waals surface area contributed by atoms with Crippen molar-refractivity contribution in [2.45, 2.75) is 46.0 Å². The number of nitrogens with one attached hydrogen (secondary N) is 1. The van der Waals surface area contributed by atoms with Crippen molar-refractivity contribution in [2.75, 3.05) is 13.6 Å². The third-order valence-corrected chi connectivity index (χ3v) is 4.00. The molecule has 1 unspecified atom stereocenters. The summed E-state index contributed by atoms with van der Waals surface area (Å²) in [5, 5.41) is 3.32. The lowest BCUT2D eigenvalue weighted by Gasteiger charge is -2.25. The quantitative estimate of drug-likeness (QED) is 0.651. The molecule has 0 radical (unpaired) electrons. The van der Waals surface area contributed by atoms with Gasteiger partial charge in [0.15, 0.2) is 0 Å². The minimum absolute atomic E-state index is 0.842. The van der Waals surface area contributed by atoms with Crippen LogP contribution in [-0.2, 0) is 0 Å². The lowest BCUT2D eigenvalue weighted by atomic mass is 9.99. The summed E-state index contributed by atoms with van der Waals surface area (Å²) in [7, 11) is 1.20. The summed E-state index contributed by atoms with van der Waals surface area (Å²) >= 11 is 0. The van der Waals surface area contributed by atoms with Gasteiger partial charge < -0.3 is 5.32 Å². The maximum absolute atomic E-state index is 3.32. The third kappa shape index (κ3) is 8.51. The highest BCUT2D eigenvalue weighted by atomic mass is 28.3. The van der Waals surface area contributed by atoms with Gasteiger partial charge in [-0.1, -0.05) is 39.5 Å². The number of hydrogen-bond acceptors (Lipinski definition) is 1. The third-order valence-electron chi connectivity index (χ3n) is 2.20. The molecule has 0 rings (SSSR count). The van der Waals surface area contributed by atoms with Gasteiger partial charge in [-0.25, -0.2) is 0 Å². The van der Waals surface area contributed by atoms with E-state index in [1.807, 2.05) is 0 Å². The van der Waals surface area contributed by atoms with Crippen LogP contribution in [0.1, 0.15) is 20.3 Å². The zero-order valence-corrected chi connectivity index (χ0v) is 11.3. The Hall–Kier alpha value is 0.177. The van der Waals surface area contributed by atoms with E-state index in [0.717, 1.165) is 11.8 Å². The van der Waals surface area contributed by atoms with Crippen molar-refractivity contribution >= 4 is 8.07 Å². The van der Waals surface area contributed by atoms with E-state index in [1.165, 1.54) is 19.0 Å². The van der Waals surface area contributed by atoms with Crippen LogP contribution in [0.4, 0.5) is 0 Å². The summed E-state index contributed by atoms with van der Waals surface area (Å²) in [4.78, 5) is 0. The van der Waals surface area contributed by atoms with Crippen LogP contribution in [0.2, 0.25) is 25.7 Å². The highest BCUT2D eigenvalue weighted by Crippen LogP contribution is 2.22. The van der Waals surface area contributed by atoms with Crippen molar-refractivity contribution in [1.82, 2.24) is 5.32 Å². The fourth-order valence-corrected chi connectivity index (χ4v) is 4.10. The van der Waals surface area contributed by atoms with Gasteiger partial charge in [0.1, 0.15) is 0 Å². The molecule has 0 amide bonds. The first-order chi connectivity index (χ1) is 5.85. The molecule has 0 aliphatic heterocycles. The molecule has 13 heavy (non-hydrogen) atoms. The minimum Gasteiger partial charge on any atom is -0.319 e. The van der Waals surface area contributed by atoms with Gasteiger partial charge in [0.25, 0.3) is 0 Å². The molecule has 0 heterocycles. The molecule has 1 atom stereocenters. The Morgan fingerprint density at radius 3 is 2.00 bits per heavy atom. The maximum Gasteiger partial charge on any atom is 0.0445 e. The Morgan fingerprint density at radius 1 is 1.15 bits per heavy atom. The van der Waals surface area contributed by atoms with Gasteiger partial charge in [-0.3, -0.25) is 0 Å². The molecule has 0 aliphatic carbocycles. The monoisotopic (exact) mass is 201 g/mol. The molecule has 0 bridgehead atoms. The molecule has 0 spiro atoms. The highest BCUT2D eigenvalue weighted by molar-refractivity contribution is 6.76. The second kappa shape index (κ2) is 5.81. The van der Waals surface area contributed by atoms with Crippen molar-refractivity contribution in [2.24, 2.45) is 11.8 Å². The normalized spacial score (nSPS) is 15.0. The van der Waals surface area contributed by atoms with Crippen LogP contribution in [0.5, 0.6) is 0 Å². The lowest BCUT2D eigenvalue weighted by molar-refractivity contribution is 0.422. The first kappa shape index (κ1) is 13.2. The average Bonchev–Trinajstić information content (AvgIpc) is 1.81. The van der Waals surface area contributed by atoms with Crippen molar-refractivity contribution in [3.05, 3.63) is 0 Å². The van der Waals surface area contributed by atoms with Crippen LogP contribution < -0.4 is 5.32 Å². The summed E-state index contributed by atoms with van der Waals surface area (Å²) in [6, 6.07) is 1.46. The van der Waals surface area contributed by atoms with E-state index in [9.17, 15) is 0 Å². The van der Waals surface area contributed by atoms with Crippen molar-refractivity contribution < 1.29 is 0 Å². The molecular weight excluding hydrogens is 174 g/mol. The summed E-state index contributed by atoms with van der Waals surface area (Å²) < 4.78 is 0. The van der Waals surface area contributed by atoms with Crippen LogP contribution in [0.25, 0.3) is 0 Å². The zero-order valence-electron chi connectivity index (χ0n) is 10.3. The lowest BCUT2D eigenvalue weighted by Crippen LogP contribution is -2.30. The highest BCUT2D eigenvalue weighted by Gasteiger charge is 2.20. The summed E-state index contributed by atoms with van der Waals surface area (Å²) in [6.45, 7) is 13.3. The molecule has 2 heteroatoms. The molecule has 0 saturated carbocycles. The van der Waals surface area contributed by atoms with Crippen LogP contribution >= 0.6 is 0 Å². The predicted octanol–water partition coefficient (Wildman–Crippen LogP) is 3.21. The van der Waals surface area contributed by atoms with Crippen molar-refractivity contribution in [3.8, 4) is 0 Å². The molecule has 0 aliphatic rings. The largest absolute Gasteiger partial charge is 0.319 e. The summed E-state index contributed by atoms with van der Waals surface area (Å²) in [5.41, 5.74) is 0. The molecule has 1 nitrogen and oxygen atoms in total. The van der Waals surface area contributed by atoms with Crippen LogP contribution in [-0.4, -0.2) is 21.7 Å². The van der Waals surface area contributed by atoms with E-state index in [-0.39, 0.29) is 0 Å². The Bertz CT molecular complexity index is 127. The second-order valence-corrected chi connectivity index (χ2v) is 11.3. The SMILES string of the molecule is CNCC(CC(C)C)C[Si](C)(C)C. The second-order valence-electron chi connectivity index (χ2n) is 5.82. The van der Waals surface area contributed by atoms with E-state index in [1.54, 1.807) is 0 Å². The fraction of sp³-hybridized carbons (Fsp3) is 1.00. The molecule has 0 saturated heterocycles. The van der Waals surface area contributed by atoms with Crippen LogP contribution in [0.15, 0.2) is 0 Å². The minimum atomic E-state index is -0.864. The average molecular weight is 201 g/mol. The molecule has 80 valence electrons. The smallest absolute Gasteiger partial charge is 0.0445 e. The van der Waals surface area contributed by atoms with E-state index in [2.05, 4.69) is 45.9 Å². The topological polar surface area (TPSA) is 12.0 Å². The predicted molar refractivity (Wildman–Crippen MR) is 65.0 cm³/mol. The molecule has 1 N–H and O–H groups in total. The zero-order chi connectivity index (χ0) is 10.5. The Kier molecular flexibility index (Phi) is 5.89. The van der Waals surface area contributed by atoms with E-state index >= 15 is 0 Å². The van der Waals surface area contributed by atoms with Crippen LogP contribution in [0.3, 0.4) is 0 Å².